The summed E-state index contributed by atoms with van der Waals surface area (Å²) < 4.78 is 12.6. The van der Waals surface area contributed by atoms with Gasteiger partial charge >= 0.3 is 7.12 Å². The SMILES string of the molecule is CC1(C)OB([C@H](CCCCN=[N+]=[N-])CCc2ccccc2)OC1(C)C. The van der Waals surface area contributed by atoms with Crippen molar-refractivity contribution in [1.29, 1.82) is 0 Å². The lowest BCUT2D eigenvalue weighted by Crippen LogP contribution is -2.41. The van der Waals surface area contributed by atoms with Crippen molar-refractivity contribution in [2.75, 3.05) is 6.54 Å². The maximum Gasteiger partial charge on any atom is 0.461 e. The average Bonchev–Trinajstić information content (AvgIpc) is 2.79. The summed E-state index contributed by atoms with van der Waals surface area (Å²) in [7, 11) is -0.173. The quantitative estimate of drug-likeness (QED) is 0.194. The molecule has 1 atom stereocenters. The van der Waals surface area contributed by atoms with Crippen molar-refractivity contribution in [1.82, 2.24) is 0 Å². The molecule has 1 aliphatic heterocycles. The van der Waals surface area contributed by atoms with E-state index in [1.54, 1.807) is 0 Å². The summed E-state index contributed by atoms with van der Waals surface area (Å²) in [5.74, 6) is 0.340. The van der Waals surface area contributed by atoms with E-state index in [1.165, 1.54) is 5.56 Å². The summed E-state index contributed by atoms with van der Waals surface area (Å²) in [6.45, 7) is 8.96. The van der Waals surface area contributed by atoms with Crippen LogP contribution in [0.1, 0.15) is 58.9 Å². The second-order valence-corrected chi connectivity index (χ2v) is 7.86. The fourth-order valence-corrected chi connectivity index (χ4v) is 3.13. The van der Waals surface area contributed by atoms with E-state index in [2.05, 4.69) is 62.0 Å². The summed E-state index contributed by atoms with van der Waals surface area (Å²) in [6, 6.07) is 10.6. The third-order valence-electron chi connectivity index (χ3n) is 5.45. The first-order valence-corrected chi connectivity index (χ1v) is 9.26. The second kappa shape index (κ2) is 8.75. The van der Waals surface area contributed by atoms with Crippen molar-refractivity contribution in [2.24, 2.45) is 5.11 Å². The topological polar surface area (TPSA) is 67.2 Å². The molecule has 2 rings (SSSR count). The molecule has 1 aromatic rings. The van der Waals surface area contributed by atoms with Crippen molar-refractivity contribution in [2.45, 2.75) is 76.8 Å². The highest BCUT2D eigenvalue weighted by Gasteiger charge is 2.53. The van der Waals surface area contributed by atoms with Gasteiger partial charge in [0.05, 0.1) is 11.2 Å². The molecular formula is C19H30BN3O2. The molecule has 136 valence electrons. The van der Waals surface area contributed by atoms with Gasteiger partial charge in [-0.25, -0.2) is 0 Å². The van der Waals surface area contributed by atoms with Gasteiger partial charge in [0.1, 0.15) is 0 Å². The van der Waals surface area contributed by atoms with Crippen LogP contribution in [0.3, 0.4) is 0 Å². The summed E-state index contributed by atoms with van der Waals surface area (Å²) >= 11 is 0. The normalized spacial score (nSPS) is 19.4. The molecule has 0 amide bonds. The first kappa shape index (κ1) is 19.8. The number of unbranched alkanes of at least 4 members (excludes halogenated alkanes) is 1. The lowest BCUT2D eigenvalue weighted by Gasteiger charge is -2.32. The van der Waals surface area contributed by atoms with Crippen LogP contribution in [-0.2, 0) is 15.7 Å². The molecule has 1 fully saturated rings. The van der Waals surface area contributed by atoms with Gasteiger partial charge in [-0.05, 0) is 63.9 Å². The van der Waals surface area contributed by atoms with Gasteiger partial charge in [0.15, 0.2) is 0 Å². The van der Waals surface area contributed by atoms with Crippen LogP contribution in [0.25, 0.3) is 10.4 Å². The number of benzene rings is 1. The number of rotatable bonds is 9. The highest BCUT2D eigenvalue weighted by molar-refractivity contribution is 6.47. The minimum atomic E-state index is -0.298. The van der Waals surface area contributed by atoms with Crippen LogP contribution in [0.15, 0.2) is 35.4 Å². The van der Waals surface area contributed by atoms with Crippen molar-refractivity contribution in [3.8, 4) is 0 Å². The molecule has 25 heavy (non-hydrogen) atoms. The Hall–Kier alpha value is -1.49. The maximum atomic E-state index is 8.39. The van der Waals surface area contributed by atoms with E-state index < -0.39 is 0 Å². The maximum absolute atomic E-state index is 8.39. The van der Waals surface area contributed by atoms with E-state index in [-0.39, 0.29) is 18.3 Å². The molecule has 0 radical (unpaired) electrons. The van der Waals surface area contributed by atoms with Gasteiger partial charge in [0, 0.05) is 11.5 Å². The van der Waals surface area contributed by atoms with Gasteiger partial charge in [-0.2, -0.15) is 0 Å². The lowest BCUT2D eigenvalue weighted by atomic mass is 9.66. The fourth-order valence-electron chi connectivity index (χ4n) is 3.13. The van der Waals surface area contributed by atoms with Crippen molar-refractivity contribution in [3.05, 3.63) is 46.3 Å². The Balaban J connectivity index is 1.97. The number of azide groups is 1. The zero-order valence-electron chi connectivity index (χ0n) is 15.9. The Bertz CT molecular complexity index is 570. The van der Waals surface area contributed by atoms with Crippen LogP contribution in [-0.4, -0.2) is 24.9 Å². The Morgan fingerprint density at radius 2 is 1.68 bits per heavy atom. The number of nitrogens with zero attached hydrogens (tertiary/aromatic N) is 3. The predicted molar refractivity (Wildman–Crippen MR) is 102 cm³/mol. The third-order valence-corrected chi connectivity index (χ3v) is 5.45. The molecule has 0 spiro atoms. The molecule has 0 aliphatic carbocycles. The van der Waals surface area contributed by atoms with Gasteiger partial charge in [-0.15, -0.1) is 0 Å². The van der Waals surface area contributed by atoms with Crippen LogP contribution in [0.2, 0.25) is 5.82 Å². The highest BCUT2D eigenvalue weighted by atomic mass is 16.7. The van der Waals surface area contributed by atoms with Gasteiger partial charge in [-0.3, -0.25) is 0 Å². The number of hydrogen-bond acceptors (Lipinski definition) is 3. The van der Waals surface area contributed by atoms with Gasteiger partial charge < -0.3 is 9.31 Å². The van der Waals surface area contributed by atoms with E-state index in [0.29, 0.717) is 12.4 Å². The van der Waals surface area contributed by atoms with Crippen LogP contribution in [0, 0.1) is 0 Å². The van der Waals surface area contributed by atoms with Crippen molar-refractivity contribution >= 4 is 7.12 Å². The van der Waals surface area contributed by atoms with Crippen LogP contribution >= 0.6 is 0 Å². The Labute approximate surface area is 151 Å². The Morgan fingerprint density at radius 3 is 2.28 bits per heavy atom. The molecule has 1 saturated heterocycles. The standard InChI is InChI=1S/C19H30BN3O2/c1-18(2)19(3,4)25-20(24-18)17(12-8-9-15-22-23-21)14-13-16-10-6-5-7-11-16/h5-7,10-11,17H,8-9,12-15H2,1-4H3/t17-/m1/s1. The highest BCUT2D eigenvalue weighted by Crippen LogP contribution is 2.42. The molecular weight excluding hydrogens is 313 g/mol. The van der Waals surface area contributed by atoms with Gasteiger partial charge in [-0.1, -0.05) is 48.3 Å². The van der Waals surface area contributed by atoms with Crippen LogP contribution < -0.4 is 0 Å². The van der Waals surface area contributed by atoms with Gasteiger partial charge in [0.2, 0.25) is 0 Å². The zero-order valence-corrected chi connectivity index (χ0v) is 15.9. The molecule has 1 aliphatic rings. The third kappa shape index (κ3) is 5.50. The van der Waals surface area contributed by atoms with E-state index in [9.17, 15) is 0 Å². The molecule has 1 heterocycles. The molecule has 5 nitrogen and oxygen atoms in total. The van der Waals surface area contributed by atoms with Crippen molar-refractivity contribution in [3.63, 3.8) is 0 Å². The summed E-state index contributed by atoms with van der Waals surface area (Å²) in [5, 5.41) is 3.62. The largest absolute Gasteiger partial charge is 0.461 e. The van der Waals surface area contributed by atoms with E-state index in [0.717, 1.165) is 32.1 Å². The first-order valence-electron chi connectivity index (χ1n) is 9.26. The van der Waals surface area contributed by atoms with Gasteiger partial charge in [0.25, 0.3) is 0 Å². The summed E-state index contributed by atoms with van der Waals surface area (Å²) in [6.07, 6.45) is 4.99. The number of hydrogen-bond donors (Lipinski definition) is 0. The monoisotopic (exact) mass is 343 g/mol. The minimum absolute atomic E-state index is 0.173. The summed E-state index contributed by atoms with van der Waals surface area (Å²) in [4.78, 5) is 2.82. The van der Waals surface area contributed by atoms with E-state index in [4.69, 9.17) is 14.8 Å². The Kier molecular flexibility index (Phi) is 6.94. The van der Waals surface area contributed by atoms with E-state index in [1.807, 2.05) is 6.07 Å². The molecule has 0 aromatic heterocycles. The molecule has 0 bridgehead atoms. The first-order chi connectivity index (χ1) is 11.9. The molecule has 0 N–H and O–H groups in total. The second-order valence-electron chi connectivity index (χ2n) is 7.86. The van der Waals surface area contributed by atoms with Crippen LogP contribution in [0.5, 0.6) is 0 Å². The summed E-state index contributed by atoms with van der Waals surface area (Å²) in [5.41, 5.74) is 9.14. The zero-order chi connectivity index (χ0) is 18.3. The van der Waals surface area contributed by atoms with E-state index >= 15 is 0 Å². The molecule has 6 heteroatoms. The molecule has 0 saturated carbocycles. The smallest absolute Gasteiger partial charge is 0.403 e. The van der Waals surface area contributed by atoms with Crippen molar-refractivity contribution < 1.29 is 9.31 Å². The lowest BCUT2D eigenvalue weighted by molar-refractivity contribution is 0.00578. The molecule has 1 aromatic carbocycles. The molecule has 0 unspecified atom stereocenters. The average molecular weight is 343 g/mol. The van der Waals surface area contributed by atoms with Crippen LogP contribution in [0.4, 0.5) is 0 Å². The number of aryl methyl sites for hydroxylation is 1. The minimum Gasteiger partial charge on any atom is -0.403 e. The predicted octanol–water partition coefficient (Wildman–Crippen LogP) is 5.56. The Morgan fingerprint density at radius 1 is 1.04 bits per heavy atom. The fraction of sp³-hybridized carbons (Fsp3) is 0.684.